The Kier molecular flexibility index (Phi) is 5.61. The normalized spacial score (nSPS) is 14.9. The van der Waals surface area contributed by atoms with E-state index in [1.807, 2.05) is 28.8 Å². The van der Waals surface area contributed by atoms with Crippen LogP contribution in [0.3, 0.4) is 0 Å². The SMILES string of the molecule is COc1ccc(SC/C(O)=C(\C#N)c2nnc3n2CCCCC3)cc1. The van der Waals surface area contributed by atoms with E-state index in [4.69, 9.17) is 4.74 Å². The first-order valence-electron chi connectivity index (χ1n) is 8.24. The summed E-state index contributed by atoms with van der Waals surface area (Å²) in [6.45, 7) is 0.793. The second-order valence-electron chi connectivity index (χ2n) is 5.80. The second-order valence-corrected chi connectivity index (χ2v) is 6.85. The van der Waals surface area contributed by atoms with Crippen molar-refractivity contribution in [2.75, 3.05) is 12.9 Å². The zero-order valence-corrected chi connectivity index (χ0v) is 14.9. The number of aliphatic hydroxyl groups is 1. The summed E-state index contributed by atoms with van der Waals surface area (Å²) in [4.78, 5) is 0.990. The number of aliphatic hydroxyl groups excluding tert-OH is 1. The molecule has 1 aliphatic rings. The van der Waals surface area contributed by atoms with Crippen LogP contribution in [0.1, 0.15) is 30.9 Å². The molecule has 1 aliphatic heterocycles. The molecule has 0 aliphatic carbocycles. The van der Waals surface area contributed by atoms with Gasteiger partial charge in [0, 0.05) is 17.9 Å². The van der Waals surface area contributed by atoms with Crippen LogP contribution in [-0.2, 0) is 13.0 Å². The van der Waals surface area contributed by atoms with Crippen molar-refractivity contribution in [1.82, 2.24) is 14.8 Å². The number of rotatable bonds is 5. The molecule has 0 bridgehead atoms. The molecule has 1 aromatic heterocycles. The summed E-state index contributed by atoms with van der Waals surface area (Å²) >= 11 is 1.46. The first kappa shape index (κ1) is 17.4. The van der Waals surface area contributed by atoms with Crippen LogP contribution in [0.15, 0.2) is 34.9 Å². The van der Waals surface area contributed by atoms with Crippen LogP contribution in [0.2, 0.25) is 0 Å². The zero-order chi connectivity index (χ0) is 17.6. The molecule has 130 valence electrons. The standard InChI is InChI=1S/C18H20N4O2S/c1-24-13-6-8-14(9-7-13)25-12-16(23)15(11-19)18-21-20-17-5-3-2-4-10-22(17)18/h6-9,23H,2-5,10,12H2,1H3/b16-15-. The molecule has 2 aromatic rings. The maximum atomic E-state index is 10.4. The van der Waals surface area contributed by atoms with Crippen LogP contribution in [0.4, 0.5) is 0 Å². The zero-order valence-electron chi connectivity index (χ0n) is 14.1. The van der Waals surface area contributed by atoms with E-state index in [1.54, 1.807) is 7.11 Å². The van der Waals surface area contributed by atoms with Crippen molar-refractivity contribution in [3.8, 4) is 11.8 Å². The highest BCUT2D eigenvalue weighted by Gasteiger charge is 2.20. The van der Waals surface area contributed by atoms with Crippen LogP contribution in [0, 0.1) is 11.3 Å². The van der Waals surface area contributed by atoms with Gasteiger partial charge in [-0.1, -0.05) is 6.42 Å². The van der Waals surface area contributed by atoms with Gasteiger partial charge in [0.15, 0.2) is 5.82 Å². The third-order valence-corrected chi connectivity index (χ3v) is 5.19. The maximum Gasteiger partial charge on any atom is 0.178 e. The molecule has 0 spiro atoms. The van der Waals surface area contributed by atoms with Gasteiger partial charge in [-0.3, -0.25) is 0 Å². The summed E-state index contributed by atoms with van der Waals surface area (Å²) in [6.07, 6.45) is 4.14. The molecule has 0 amide bonds. The van der Waals surface area contributed by atoms with Crippen molar-refractivity contribution >= 4 is 17.3 Å². The summed E-state index contributed by atoms with van der Waals surface area (Å²) in [6, 6.07) is 9.68. The molecule has 3 rings (SSSR count). The lowest BCUT2D eigenvalue weighted by Gasteiger charge is -2.08. The van der Waals surface area contributed by atoms with Crippen molar-refractivity contribution in [1.29, 1.82) is 5.26 Å². The van der Waals surface area contributed by atoms with Crippen LogP contribution in [0.25, 0.3) is 5.57 Å². The maximum absolute atomic E-state index is 10.4. The van der Waals surface area contributed by atoms with Crippen LogP contribution >= 0.6 is 11.8 Å². The van der Waals surface area contributed by atoms with Crippen molar-refractivity contribution in [3.63, 3.8) is 0 Å². The number of nitrogens with zero attached hydrogens (tertiary/aromatic N) is 4. The smallest absolute Gasteiger partial charge is 0.178 e. The van der Waals surface area contributed by atoms with E-state index in [0.717, 1.165) is 48.7 Å². The van der Waals surface area contributed by atoms with E-state index in [1.165, 1.54) is 11.8 Å². The molecule has 0 unspecified atom stereocenters. The van der Waals surface area contributed by atoms with Crippen LogP contribution in [0.5, 0.6) is 5.75 Å². The fourth-order valence-electron chi connectivity index (χ4n) is 2.81. The second kappa shape index (κ2) is 8.08. The quantitative estimate of drug-likeness (QED) is 0.501. The van der Waals surface area contributed by atoms with Crippen molar-refractivity contribution in [2.24, 2.45) is 0 Å². The largest absolute Gasteiger partial charge is 0.510 e. The Balaban J connectivity index is 1.78. The number of allylic oxidation sites excluding steroid dienone is 1. The minimum absolute atomic E-state index is 0.0303. The minimum Gasteiger partial charge on any atom is -0.510 e. The highest BCUT2D eigenvalue weighted by Crippen LogP contribution is 2.26. The number of hydrogen-bond donors (Lipinski definition) is 1. The molecule has 1 N–H and O–H groups in total. The van der Waals surface area contributed by atoms with Gasteiger partial charge in [-0.15, -0.1) is 22.0 Å². The van der Waals surface area contributed by atoms with E-state index < -0.39 is 0 Å². The van der Waals surface area contributed by atoms with Gasteiger partial charge < -0.3 is 14.4 Å². The number of ether oxygens (including phenoxy) is 1. The van der Waals surface area contributed by atoms with Crippen LogP contribution < -0.4 is 4.74 Å². The molecule has 0 saturated heterocycles. The highest BCUT2D eigenvalue weighted by molar-refractivity contribution is 7.99. The van der Waals surface area contributed by atoms with Gasteiger partial charge in [0.05, 0.1) is 12.9 Å². The lowest BCUT2D eigenvalue weighted by Crippen LogP contribution is -2.07. The Morgan fingerprint density at radius 2 is 2.08 bits per heavy atom. The summed E-state index contributed by atoms with van der Waals surface area (Å²) in [7, 11) is 1.62. The monoisotopic (exact) mass is 356 g/mol. The number of nitriles is 1. The molecule has 7 heteroatoms. The van der Waals surface area contributed by atoms with Gasteiger partial charge in [-0.05, 0) is 37.1 Å². The number of fused-ring (bicyclic) bond motifs is 1. The summed E-state index contributed by atoms with van der Waals surface area (Å²) in [5.74, 6) is 2.50. The van der Waals surface area contributed by atoms with Crippen LogP contribution in [-0.4, -0.2) is 32.7 Å². The van der Waals surface area contributed by atoms with Gasteiger partial charge in [0.1, 0.15) is 29.0 Å². The molecular weight excluding hydrogens is 336 g/mol. The summed E-state index contributed by atoms with van der Waals surface area (Å²) < 4.78 is 7.11. The Morgan fingerprint density at radius 1 is 1.28 bits per heavy atom. The third-order valence-electron chi connectivity index (χ3n) is 4.17. The predicted molar refractivity (Wildman–Crippen MR) is 96.5 cm³/mol. The molecule has 6 nitrogen and oxygen atoms in total. The average molecular weight is 356 g/mol. The molecule has 0 atom stereocenters. The summed E-state index contributed by atoms with van der Waals surface area (Å²) in [5.41, 5.74) is 0.210. The van der Waals surface area contributed by atoms with Gasteiger partial charge in [0.25, 0.3) is 0 Å². The van der Waals surface area contributed by atoms with E-state index in [9.17, 15) is 10.4 Å². The molecule has 1 aromatic carbocycles. The van der Waals surface area contributed by atoms with Gasteiger partial charge in [-0.25, -0.2) is 0 Å². The van der Waals surface area contributed by atoms with Crippen molar-refractivity contribution in [2.45, 2.75) is 37.1 Å². The minimum atomic E-state index is 0.0303. The van der Waals surface area contributed by atoms with E-state index in [2.05, 4.69) is 16.3 Å². The number of benzene rings is 1. The lowest BCUT2D eigenvalue weighted by molar-refractivity contribution is 0.414. The fraction of sp³-hybridized carbons (Fsp3) is 0.389. The molecule has 2 heterocycles. The Morgan fingerprint density at radius 3 is 2.80 bits per heavy atom. The Labute approximate surface area is 151 Å². The van der Waals surface area contributed by atoms with E-state index in [0.29, 0.717) is 11.6 Å². The number of hydrogen-bond acceptors (Lipinski definition) is 6. The molecule has 0 fully saturated rings. The predicted octanol–water partition coefficient (Wildman–Crippen LogP) is 3.60. The third kappa shape index (κ3) is 3.97. The van der Waals surface area contributed by atoms with Gasteiger partial charge >= 0.3 is 0 Å². The highest BCUT2D eigenvalue weighted by atomic mass is 32.2. The topological polar surface area (TPSA) is 84.0 Å². The number of methoxy groups -OCH3 is 1. The van der Waals surface area contributed by atoms with E-state index >= 15 is 0 Å². The molecular formula is C18H20N4O2S. The van der Waals surface area contributed by atoms with E-state index in [-0.39, 0.29) is 11.3 Å². The number of thioether (sulfide) groups is 1. The molecule has 0 saturated carbocycles. The lowest BCUT2D eigenvalue weighted by atomic mass is 10.2. The first-order valence-corrected chi connectivity index (χ1v) is 9.23. The first-order chi connectivity index (χ1) is 12.2. The molecule has 0 radical (unpaired) electrons. The van der Waals surface area contributed by atoms with Crippen molar-refractivity contribution < 1.29 is 9.84 Å². The Bertz CT molecular complexity index is 805. The number of aryl methyl sites for hydroxylation is 1. The summed E-state index contributed by atoms with van der Waals surface area (Å²) in [5, 5.41) is 28.3. The average Bonchev–Trinajstić information content (AvgIpc) is 2.89. The fourth-order valence-corrected chi connectivity index (χ4v) is 3.59. The van der Waals surface area contributed by atoms with Gasteiger partial charge in [0.2, 0.25) is 0 Å². The van der Waals surface area contributed by atoms with Gasteiger partial charge in [-0.2, -0.15) is 5.26 Å². The Hall–Kier alpha value is -2.46. The van der Waals surface area contributed by atoms with Crippen molar-refractivity contribution in [3.05, 3.63) is 41.7 Å². The molecule has 25 heavy (non-hydrogen) atoms. The number of aromatic nitrogens is 3.